The van der Waals surface area contributed by atoms with E-state index >= 15 is 0 Å². The van der Waals surface area contributed by atoms with Gasteiger partial charge in [0.15, 0.2) is 5.82 Å². The predicted molar refractivity (Wildman–Crippen MR) is 111 cm³/mol. The Morgan fingerprint density at radius 3 is 2.77 bits per heavy atom. The van der Waals surface area contributed by atoms with E-state index in [-0.39, 0.29) is 0 Å². The third kappa shape index (κ3) is 4.06. The molecule has 1 aromatic heterocycles. The van der Waals surface area contributed by atoms with Gasteiger partial charge in [0.25, 0.3) is 5.89 Å². The van der Waals surface area contributed by atoms with Crippen LogP contribution in [0.2, 0.25) is 0 Å². The van der Waals surface area contributed by atoms with Gasteiger partial charge in [-0.1, -0.05) is 11.2 Å². The molecule has 0 saturated heterocycles. The highest BCUT2D eigenvalue weighted by molar-refractivity contribution is 5.90. The highest BCUT2D eigenvalue weighted by atomic mass is 16.5. The highest BCUT2D eigenvalue weighted by Crippen LogP contribution is 2.40. The van der Waals surface area contributed by atoms with Gasteiger partial charge in [0.05, 0.1) is 17.7 Å². The zero-order chi connectivity index (χ0) is 22.2. The molecular weight excluding hydrogens is 398 g/mol. The molecule has 0 bridgehead atoms. The predicted octanol–water partition coefficient (Wildman–Crippen LogP) is 3.31. The van der Waals surface area contributed by atoms with Crippen LogP contribution in [0.3, 0.4) is 0 Å². The number of nitriles is 1. The summed E-state index contributed by atoms with van der Waals surface area (Å²) in [5.41, 5.74) is 1.18. The second kappa shape index (κ2) is 7.74. The van der Waals surface area contributed by atoms with Gasteiger partial charge in [-0.15, -0.1) is 0 Å². The molecule has 2 heterocycles. The number of carbonyl (C=O) groups is 1. The monoisotopic (exact) mass is 419 g/mol. The van der Waals surface area contributed by atoms with E-state index in [0.29, 0.717) is 39.8 Å². The maximum atomic E-state index is 12.8. The number of hydrogen-bond acceptors (Lipinski definition) is 7. The lowest BCUT2D eigenvalue weighted by Gasteiger charge is -2.42. The van der Waals surface area contributed by atoms with Crippen LogP contribution in [0.15, 0.2) is 47.0 Å². The molecule has 3 aromatic rings. The number of amides is 2. The summed E-state index contributed by atoms with van der Waals surface area (Å²) in [5, 5.41) is 29.4. The molecule has 9 nitrogen and oxygen atoms in total. The van der Waals surface area contributed by atoms with Crippen molar-refractivity contribution in [1.29, 1.82) is 5.26 Å². The first-order valence-corrected chi connectivity index (χ1v) is 9.66. The van der Waals surface area contributed by atoms with Gasteiger partial charge in [-0.3, -0.25) is 0 Å². The number of aryl methyl sites for hydroxylation is 1. The van der Waals surface area contributed by atoms with Crippen molar-refractivity contribution in [3.8, 4) is 23.3 Å². The van der Waals surface area contributed by atoms with E-state index in [1.807, 2.05) is 0 Å². The third-order valence-corrected chi connectivity index (χ3v) is 5.06. The summed E-state index contributed by atoms with van der Waals surface area (Å²) < 4.78 is 11.0. The summed E-state index contributed by atoms with van der Waals surface area (Å²) in [6.07, 6.45) is -1.03. The molecule has 1 aliphatic rings. The molecule has 31 heavy (non-hydrogen) atoms. The summed E-state index contributed by atoms with van der Waals surface area (Å²) >= 11 is 0. The van der Waals surface area contributed by atoms with E-state index in [4.69, 9.17) is 9.26 Å². The van der Waals surface area contributed by atoms with Crippen molar-refractivity contribution >= 4 is 11.7 Å². The summed E-state index contributed by atoms with van der Waals surface area (Å²) in [6.45, 7) is 5.20. The van der Waals surface area contributed by atoms with E-state index in [9.17, 15) is 15.2 Å². The first-order valence-electron chi connectivity index (χ1n) is 9.66. The second-order valence-corrected chi connectivity index (χ2v) is 7.82. The molecule has 0 spiro atoms. The number of rotatable bonds is 3. The summed E-state index contributed by atoms with van der Waals surface area (Å²) in [6, 6.07) is 12.7. The maximum absolute atomic E-state index is 12.8. The van der Waals surface area contributed by atoms with Gasteiger partial charge < -0.3 is 25.0 Å². The van der Waals surface area contributed by atoms with Gasteiger partial charge in [0.2, 0.25) is 0 Å². The Kier molecular flexibility index (Phi) is 5.09. The number of fused-ring (bicyclic) bond motifs is 1. The molecule has 4 rings (SSSR count). The number of carbonyl (C=O) groups excluding carboxylic acids is 1. The van der Waals surface area contributed by atoms with Crippen molar-refractivity contribution in [2.45, 2.75) is 38.5 Å². The maximum Gasteiger partial charge on any atom is 0.319 e. The Bertz CT molecular complexity index is 1180. The number of urea groups is 1. The van der Waals surface area contributed by atoms with Crippen LogP contribution in [0.25, 0.3) is 11.5 Å². The number of aromatic nitrogens is 2. The number of aliphatic hydroxyl groups excluding tert-OH is 1. The minimum Gasteiger partial charge on any atom is -0.485 e. The lowest BCUT2D eigenvalue weighted by molar-refractivity contribution is -0.0618. The Morgan fingerprint density at radius 1 is 1.26 bits per heavy atom. The van der Waals surface area contributed by atoms with Crippen molar-refractivity contribution in [3.63, 3.8) is 0 Å². The average molecular weight is 419 g/mol. The molecule has 0 fully saturated rings. The first-order chi connectivity index (χ1) is 14.8. The molecule has 2 amide bonds. The van der Waals surface area contributed by atoms with Crippen LogP contribution in [0.5, 0.6) is 5.75 Å². The largest absolute Gasteiger partial charge is 0.485 e. The smallest absolute Gasteiger partial charge is 0.319 e. The molecular formula is C22H21N5O4. The Morgan fingerprint density at radius 2 is 2.06 bits per heavy atom. The third-order valence-electron chi connectivity index (χ3n) is 5.06. The molecule has 158 valence electrons. The minimum absolute atomic E-state index is 0.348. The fourth-order valence-electron chi connectivity index (χ4n) is 3.48. The lowest BCUT2D eigenvalue weighted by Crippen LogP contribution is -2.54. The topological polar surface area (TPSA) is 133 Å². The van der Waals surface area contributed by atoms with Crippen LogP contribution >= 0.6 is 0 Å². The summed E-state index contributed by atoms with van der Waals surface area (Å²) in [4.78, 5) is 16.9. The molecule has 9 heteroatoms. The minimum atomic E-state index is -1.03. The van der Waals surface area contributed by atoms with E-state index in [1.165, 1.54) is 0 Å². The van der Waals surface area contributed by atoms with Crippen molar-refractivity contribution in [1.82, 2.24) is 15.5 Å². The Labute approximate surface area is 178 Å². The number of nitrogens with zero attached hydrogens (tertiary/aromatic N) is 3. The van der Waals surface area contributed by atoms with Gasteiger partial charge in [-0.05, 0) is 57.2 Å². The number of hydrogen-bond donors (Lipinski definition) is 3. The summed E-state index contributed by atoms with van der Waals surface area (Å²) in [5.74, 6) is 1.37. The van der Waals surface area contributed by atoms with Crippen molar-refractivity contribution in [3.05, 3.63) is 59.4 Å². The van der Waals surface area contributed by atoms with Crippen LogP contribution in [0.4, 0.5) is 10.5 Å². The fraction of sp³-hybridized carbons (Fsp3) is 0.273. The molecule has 2 aromatic carbocycles. The molecule has 2 atom stereocenters. The number of anilines is 1. The summed E-state index contributed by atoms with van der Waals surface area (Å²) in [7, 11) is 0. The van der Waals surface area contributed by atoms with Gasteiger partial charge in [-0.25, -0.2) is 4.79 Å². The SMILES string of the molecule is Cc1noc(-c2cccc(NC(=O)NC3c4cc(C#N)ccc4OC(C)(C)C3O)c2)n1. The van der Waals surface area contributed by atoms with Crippen LogP contribution in [0, 0.1) is 18.3 Å². The fourth-order valence-corrected chi connectivity index (χ4v) is 3.48. The van der Waals surface area contributed by atoms with Gasteiger partial charge in [-0.2, -0.15) is 10.2 Å². The molecule has 3 N–H and O–H groups in total. The number of nitrogens with one attached hydrogen (secondary N) is 2. The number of aliphatic hydroxyl groups is 1. The van der Waals surface area contributed by atoms with Gasteiger partial charge >= 0.3 is 6.03 Å². The van der Waals surface area contributed by atoms with Gasteiger partial charge in [0, 0.05) is 16.8 Å². The quantitative estimate of drug-likeness (QED) is 0.593. The van der Waals surface area contributed by atoms with Crippen LogP contribution in [0.1, 0.15) is 36.8 Å². The Hall–Kier alpha value is -3.90. The molecule has 1 aliphatic heterocycles. The van der Waals surface area contributed by atoms with Crippen molar-refractivity contribution < 1.29 is 19.2 Å². The molecule has 0 aliphatic carbocycles. The number of benzene rings is 2. The van der Waals surface area contributed by atoms with Crippen molar-refractivity contribution in [2.75, 3.05) is 5.32 Å². The first kappa shape index (κ1) is 20.4. The van der Waals surface area contributed by atoms with E-state index in [1.54, 1.807) is 63.2 Å². The lowest BCUT2D eigenvalue weighted by atomic mass is 9.86. The van der Waals surface area contributed by atoms with Crippen LogP contribution < -0.4 is 15.4 Å². The van der Waals surface area contributed by atoms with E-state index in [2.05, 4.69) is 26.8 Å². The zero-order valence-corrected chi connectivity index (χ0v) is 17.2. The molecule has 0 radical (unpaired) electrons. The second-order valence-electron chi connectivity index (χ2n) is 7.82. The average Bonchev–Trinajstić information content (AvgIpc) is 3.17. The highest BCUT2D eigenvalue weighted by Gasteiger charge is 2.43. The molecule has 0 saturated carbocycles. The zero-order valence-electron chi connectivity index (χ0n) is 17.2. The van der Waals surface area contributed by atoms with Gasteiger partial charge in [0.1, 0.15) is 17.5 Å². The number of ether oxygens (including phenoxy) is 1. The normalized spacial score (nSPS) is 18.9. The van der Waals surface area contributed by atoms with Crippen LogP contribution in [-0.2, 0) is 0 Å². The van der Waals surface area contributed by atoms with E-state index in [0.717, 1.165) is 0 Å². The van der Waals surface area contributed by atoms with Crippen LogP contribution in [-0.4, -0.2) is 33.0 Å². The standard InChI is InChI=1S/C22H21N5O4/c1-12-24-20(31-27-12)14-5-4-6-15(10-14)25-21(29)26-18-16-9-13(11-23)7-8-17(16)30-22(2,3)19(18)28/h4-10,18-19,28H,1-3H3,(H2,25,26,29). The molecule has 2 unspecified atom stereocenters. The Balaban J connectivity index is 1.56. The van der Waals surface area contributed by atoms with E-state index < -0.39 is 23.8 Å². The van der Waals surface area contributed by atoms with Crippen molar-refractivity contribution in [2.24, 2.45) is 0 Å².